The van der Waals surface area contributed by atoms with Gasteiger partial charge in [0.1, 0.15) is 0 Å². The Morgan fingerprint density at radius 2 is 2.18 bits per heavy atom. The lowest BCUT2D eigenvalue weighted by Gasteiger charge is -2.40. The Balaban J connectivity index is 1.79. The van der Waals surface area contributed by atoms with Gasteiger partial charge in [-0.2, -0.15) is 0 Å². The molecule has 0 bridgehead atoms. The maximum Gasteiger partial charge on any atom is 0.0387 e. The van der Waals surface area contributed by atoms with E-state index in [0.717, 1.165) is 19.0 Å². The summed E-state index contributed by atoms with van der Waals surface area (Å²) in [6.07, 6.45) is 2.83. The highest BCUT2D eigenvalue weighted by Gasteiger charge is 2.36. The van der Waals surface area contributed by atoms with Crippen LogP contribution >= 0.6 is 15.9 Å². The van der Waals surface area contributed by atoms with E-state index in [2.05, 4.69) is 57.3 Å². The molecule has 2 atom stereocenters. The van der Waals surface area contributed by atoms with Crippen molar-refractivity contribution in [2.45, 2.75) is 31.8 Å². The fraction of sp³-hybridized carbons (Fsp3) is 0.571. The molecule has 0 radical (unpaired) electrons. The average molecular weight is 295 g/mol. The molecule has 1 saturated heterocycles. The van der Waals surface area contributed by atoms with Crippen LogP contribution < -0.4 is 10.2 Å². The Morgan fingerprint density at radius 3 is 2.88 bits per heavy atom. The number of halogens is 1. The van der Waals surface area contributed by atoms with Crippen molar-refractivity contribution in [2.24, 2.45) is 5.92 Å². The Morgan fingerprint density at radius 1 is 1.35 bits per heavy atom. The second-order valence-electron chi connectivity index (χ2n) is 5.33. The van der Waals surface area contributed by atoms with E-state index in [-0.39, 0.29) is 0 Å². The van der Waals surface area contributed by atoms with Crippen LogP contribution in [0.15, 0.2) is 28.7 Å². The second-order valence-corrected chi connectivity index (χ2v) is 6.25. The molecule has 2 nitrogen and oxygen atoms in total. The Bertz CT molecular complexity index is 403. The molecule has 2 unspecified atom stereocenters. The van der Waals surface area contributed by atoms with Crippen molar-refractivity contribution in [1.82, 2.24) is 5.32 Å². The summed E-state index contributed by atoms with van der Waals surface area (Å²) in [4.78, 5) is 2.55. The van der Waals surface area contributed by atoms with Gasteiger partial charge >= 0.3 is 0 Å². The van der Waals surface area contributed by atoms with E-state index in [4.69, 9.17) is 0 Å². The molecule has 0 spiro atoms. The lowest BCUT2D eigenvalue weighted by atomic mass is 10.1. The van der Waals surface area contributed by atoms with E-state index >= 15 is 0 Å². The van der Waals surface area contributed by atoms with Crippen LogP contribution in [0.3, 0.4) is 0 Å². The van der Waals surface area contributed by atoms with Crippen molar-refractivity contribution in [1.29, 1.82) is 0 Å². The van der Waals surface area contributed by atoms with Gasteiger partial charge in [0.05, 0.1) is 0 Å². The van der Waals surface area contributed by atoms with Gasteiger partial charge in [0.2, 0.25) is 0 Å². The third-order valence-corrected chi connectivity index (χ3v) is 4.43. The van der Waals surface area contributed by atoms with Gasteiger partial charge in [0.15, 0.2) is 0 Å². The summed E-state index contributed by atoms with van der Waals surface area (Å²) in [7, 11) is 0. The first-order valence-corrected chi connectivity index (χ1v) is 7.29. The zero-order valence-electron chi connectivity index (χ0n) is 10.2. The monoisotopic (exact) mass is 294 g/mol. The van der Waals surface area contributed by atoms with Crippen LogP contribution in [-0.2, 0) is 0 Å². The Hall–Kier alpha value is -0.540. The normalized spacial score (nSPS) is 29.4. The first-order valence-electron chi connectivity index (χ1n) is 6.49. The van der Waals surface area contributed by atoms with Gasteiger partial charge < -0.3 is 10.2 Å². The first-order chi connectivity index (χ1) is 8.24. The number of nitrogens with one attached hydrogen (secondary N) is 1. The molecule has 1 aliphatic heterocycles. The Labute approximate surface area is 112 Å². The Kier molecular flexibility index (Phi) is 3.14. The molecule has 92 valence electrons. The van der Waals surface area contributed by atoms with Crippen LogP contribution in [0, 0.1) is 5.92 Å². The molecule has 2 fully saturated rings. The largest absolute Gasteiger partial charge is 0.366 e. The van der Waals surface area contributed by atoms with Gasteiger partial charge in [-0.05, 0) is 43.9 Å². The van der Waals surface area contributed by atoms with Crippen molar-refractivity contribution in [3.63, 3.8) is 0 Å². The second kappa shape index (κ2) is 4.62. The highest BCUT2D eigenvalue weighted by Crippen LogP contribution is 2.35. The zero-order valence-corrected chi connectivity index (χ0v) is 11.8. The smallest absolute Gasteiger partial charge is 0.0387 e. The minimum Gasteiger partial charge on any atom is -0.366 e. The molecule has 3 heteroatoms. The predicted octanol–water partition coefficient (Wildman–Crippen LogP) is 3.03. The van der Waals surface area contributed by atoms with E-state index in [1.54, 1.807) is 0 Å². The molecule has 1 saturated carbocycles. The molecule has 17 heavy (non-hydrogen) atoms. The molecular weight excluding hydrogens is 276 g/mol. The van der Waals surface area contributed by atoms with Gasteiger partial charge in [-0.15, -0.1) is 0 Å². The van der Waals surface area contributed by atoms with Crippen LogP contribution in [-0.4, -0.2) is 25.2 Å². The third kappa shape index (κ3) is 2.50. The standard InChI is InChI=1S/C14H19BrN2/c1-10-8-16-14(11-5-6-11)9-17(10)13-4-2-3-12(15)7-13/h2-4,7,10-11,14,16H,5-6,8-9H2,1H3. The molecule has 1 aliphatic carbocycles. The highest BCUT2D eigenvalue weighted by molar-refractivity contribution is 9.10. The summed E-state index contributed by atoms with van der Waals surface area (Å²) in [5, 5.41) is 3.69. The molecule has 0 aromatic heterocycles. The van der Waals surface area contributed by atoms with Crippen LogP contribution in [0.25, 0.3) is 0 Å². The summed E-state index contributed by atoms with van der Waals surface area (Å²) in [6, 6.07) is 9.95. The van der Waals surface area contributed by atoms with Gasteiger partial charge in [-0.25, -0.2) is 0 Å². The average Bonchev–Trinajstić information content (AvgIpc) is 3.14. The molecular formula is C14H19BrN2. The number of piperazine rings is 1. The summed E-state index contributed by atoms with van der Waals surface area (Å²) in [5.74, 6) is 0.928. The van der Waals surface area contributed by atoms with Crippen LogP contribution in [0.5, 0.6) is 0 Å². The summed E-state index contributed by atoms with van der Waals surface area (Å²) >= 11 is 3.56. The number of anilines is 1. The fourth-order valence-electron chi connectivity index (χ4n) is 2.72. The topological polar surface area (TPSA) is 15.3 Å². The molecule has 1 aromatic carbocycles. The fourth-order valence-corrected chi connectivity index (χ4v) is 3.10. The van der Waals surface area contributed by atoms with E-state index < -0.39 is 0 Å². The number of hydrogen-bond acceptors (Lipinski definition) is 2. The molecule has 1 N–H and O–H groups in total. The van der Waals surface area contributed by atoms with E-state index in [9.17, 15) is 0 Å². The highest BCUT2D eigenvalue weighted by atomic mass is 79.9. The summed E-state index contributed by atoms with van der Waals surface area (Å²) < 4.78 is 1.17. The molecule has 2 aliphatic rings. The first kappa shape index (κ1) is 11.5. The van der Waals surface area contributed by atoms with Crippen molar-refractivity contribution in [3.05, 3.63) is 28.7 Å². The van der Waals surface area contributed by atoms with Crippen molar-refractivity contribution in [3.8, 4) is 0 Å². The minimum absolute atomic E-state index is 0.583. The minimum atomic E-state index is 0.583. The van der Waals surface area contributed by atoms with Gasteiger partial charge in [-0.3, -0.25) is 0 Å². The van der Waals surface area contributed by atoms with Gasteiger partial charge in [-0.1, -0.05) is 22.0 Å². The van der Waals surface area contributed by atoms with Crippen LogP contribution in [0.1, 0.15) is 19.8 Å². The lowest BCUT2D eigenvalue weighted by molar-refractivity contribution is 0.376. The number of benzene rings is 1. The van der Waals surface area contributed by atoms with Crippen molar-refractivity contribution < 1.29 is 0 Å². The SMILES string of the molecule is CC1CNC(C2CC2)CN1c1cccc(Br)c1. The quantitative estimate of drug-likeness (QED) is 0.902. The van der Waals surface area contributed by atoms with Crippen LogP contribution in [0.4, 0.5) is 5.69 Å². The van der Waals surface area contributed by atoms with Gasteiger partial charge in [0.25, 0.3) is 0 Å². The van der Waals surface area contributed by atoms with E-state index in [1.165, 1.54) is 23.0 Å². The maximum atomic E-state index is 3.69. The molecule has 0 amide bonds. The lowest BCUT2D eigenvalue weighted by Crippen LogP contribution is -2.56. The summed E-state index contributed by atoms with van der Waals surface area (Å²) in [6.45, 7) is 4.56. The summed E-state index contributed by atoms with van der Waals surface area (Å²) in [5.41, 5.74) is 1.35. The number of hydrogen-bond donors (Lipinski definition) is 1. The van der Waals surface area contributed by atoms with Crippen LogP contribution in [0.2, 0.25) is 0 Å². The number of nitrogens with zero attached hydrogens (tertiary/aromatic N) is 1. The van der Waals surface area contributed by atoms with Crippen molar-refractivity contribution in [2.75, 3.05) is 18.0 Å². The van der Waals surface area contributed by atoms with E-state index in [0.29, 0.717) is 12.1 Å². The van der Waals surface area contributed by atoms with Crippen molar-refractivity contribution >= 4 is 21.6 Å². The molecule has 1 heterocycles. The predicted molar refractivity (Wildman–Crippen MR) is 75.5 cm³/mol. The third-order valence-electron chi connectivity index (χ3n) is 3.93. The molecule has 1 aromatic rings. The number of rotatable bonds is 2. The molecule has 3 rings (SSSR count). The maximum absolute atomic E-state index is 3.69. The zero-order chi connectivity index (χ0) is 11.8. The van der Waals surface area contributed by atoms with E-state index in [1.807, 2.05) is 0 Å². The van der Waals surface area contributed by atoms with Gasteiger partial charge in [0, 0.05) is 35.3 Å².